The lowest BCUT2D eigenvalue weighted by Crippen LogP contribution is -2.17. The predicted molar refractivity (Wildman–Crippen MR) is 64.0 cm³/mol. The molecule has 0 saturated carbocycles. The van der Waals surface area contributed by atoms with Crippen molar-refractivity contribution in [3.05, 3.63) is 29.0 Å². The van der Waals surface area contributed by atoms with Crippen molar-refractivity contribution in [3.63, 3.8) is 0 Å². The van der Waals surface area contributed by atoms with Crippen LogP contribution in [0.4, 0.5) is 10.1 Å². The van der Waals surface area contributed by atoms with E-state index < -0.39 is 0 Å². The number of nitrogens with one attached hydrogen (secondary N) is 1. The summed E-state index contributed by atoms with van der Waals surface area (Å²) >= 11 is 5.77. The first-order valence-corrected chi connectivity index (χ1v) is 5.76. The molecular formula is C12H17ClFN. The monoisotopic (exact) mass is 229 g/mol. The summed E-state index contributed by atoms with van der Waals surface area (Å²) in [6, 6.07) is 4.94. The highest BCUT2D eigenvalue weighted by atomic mass is 35.5. The molecule has 1 aromatic carbocycles. The lowest BCUT2D eigenvalue weighted by atomic mass is 10.1. The highest BCUT2D eigenvalue weighted by molar-refractivity contribution is 6.30. The second-order valence-electron chi connectivity index (χ2n) is 3.70. The molecule has 1 nitrogen and oxygen atoms in total. The number of hydrogen-bond donors (Lipinski definition) is 1. The number of anilines is 1. The zero-order chi connectivity index (χ0) is 11.3. The summed E-state index contributed by atoms with van der Waals surface area (Å²) < 4.78 is 13.0. The van der Waals surface area contributed by atoms with E-state index in [1.165, 1.54) is 12.1 Å². The molecule has 84 valence electrons. The number of halogens is 2. The van der Waals surface area contributed by atoms with E-state index in [1.807, 2.05) is 0 Å². The lowest BCUT2D eigenvalue weighted by molar-refractivity contribution is 0.615. The van der Waals surface area contributed by atoms with Crippen LogP contribution in [0.1, 0.15) is 33.1 Å². The molecule has 1 rings (SSSR count). The molecule has 0 spiro atoms. The van der Waals surface area contributed by atoms with Gasteiger partial charge in [-0.3, -0.25) is 0 Å². The minimum absolute atomic E-state index is 0.295. The SMILES string of the molecule is CCCC(CC)Nc1cc(F)cc(Cl)c1. The van der Waals surface area contributed by atoms with Crippen molar-refractivity contribution < 1.29 is 4.39 Å². The van der Waals surface area contributed by atoms with Crippen molar-refractivity contribution in [2.24, 2.45) is 0 Å². The first-order chi connectivity index (χ1) is 7.15. The summed E-state index contributed by atoms with van der Waals surface area (Å²) in [7, 11) is 0. The maximum absolute atomic E-state index is 13.0. The summed E-state index contributed by atoms with van der Waals surface area (Å²) in [4.78, 5) is 0. The van der Waals surface area contributed by atoms with Crippen molar-refractivity contribution in [1.82, 2.24) is 0 Å². The summed E-state index contributed by atoms with van der Waals surface area (Å²) in [5, 5.41) is 3.72. The van der Waals surface area contributed by atoms with E-state index in [0.29, 0.717) is 11.1 Å². The number of benzene rings is 1. The third-order valence-corrected chi connectivity index (χ3v) is 2.58. The van der Waals surface area contributed by atoms with Crippen LogP contribution in [0.3, 0.4) is 0 Å². The van der Waals surface area contributed by atoms with Gasteiger partial charge in [-0.05, 0) is 31.0 Å². The van der Waals surface area contributed by atoms with Crippen LogP contribution in [0.2, 0.25) is 5.02 Å². The Kier molecular flexibility index (Phi) is 4.89. The Morgan fingerprint density at radius 3 is 2.60 bits per heavy atom. The molecule has 0 radical (unpaired) electrons. The average molecular weight is 230 g/mol. The van der Waals surface area contributed by atoms with Crippen LogP contribution in [0.15, 0.2) is 18.2 Å². The predicted octanol–water partition coefficient (Wildman–Crippen LogP) is 4.47. The third-order valence-electron chi connectivity index (χ3n) is 2.36. The fourth-order valence-corrected chi connectivity index (χ4v) is 1.82. The Morgan fingerprint density at radius 2 is 2.07 bits per heavy atom. The summed E-state index contributed by atoms with van der Waals surface area (Å²) in [6.07, 6.45) is 3.24. The molecule has 15 heavy (non-hydrogen) atoms. The molecule has 3 heteroatoms. The van der Waals surface area contributed by atoms with E-state index >= 15 is 0 Å². The molecule has 0 bridgehead atoms. The molecule has 0 aliphatic rings. The number of hydrogen-bond acceptors (Lipinski definition) is 1. The van der Waals surface area contributed by atoms with E-state index in [-0.39, 0.29) is 5.82 Å². The Hall–Kier alpha value is -0.760. The minimum Gasteiger partial charge on any atom is -0.382 e. The zero-order valence-electron chi connectivity index (χ0n) is 9.19. The summed E-state index contributed by atoms with van der Waals surface area (Å²) in [5.41, 5.74) is 0.764. The molecular weight excluding hydrogens is 213 g/mol. The van der Waals surface area contributed by atoms with Gasteiger partial charge in [-0.2, -0.15) is 0 Å². The van der Waals surface area contributed by atoms with Crippen LogP contribution < -0.4 is 5.32 Å². The fourth-order valence-electron chi connectivity index (χ4n) is 1.60. The van der Waals surface area contributed by atoms with Gasteiger partial charge in [0.25, 0.3) is 0 Å². The van der Waals surface area contributed by atoms with Gasteiger partial charge in [-0.1, -0.05) is 31.9 Å². The Bertz CT molecular complexity index is 294. The minimum atomic E-state index is -0.295. The Labute approximate surface area is 95.6 Å². The highest BCUT2D eigenvalue weighted by Gasteiger charge is 2.06. The lowest BCUT2D eigenvalue weighted by Gasteiger charge is -2.17. The summed E-state index contributed by atoms with van der Waals surface area (Å²) in [5.74, 6) is -0.295. The first-order valence-electron chi connectivity index (χ1n) is 5.38. The average Bonchev–Trinajstić information content (AvgIpc) is 2.15. The quantitative estimate of drug-likeness (QED) is 0.786. The van der Waals surface area contributed by atoms with Gasteiger partial charge >= 0.3 is 0 Å². The Balaban J connectivity index is 2.69. The largest absolute Gasteiger partial charge is 0.382 e. The maximum atomic E-state index is 13.0. The van der Waals surface area contributed by atoms with Gasteiger partial charge < -0.3 is 5.32 Å². The molecule has 0 amide bonds. The van der Waals surface area contributed by atoms with E-state index in [2.05, 4.69) is 19.2 Å². The molecule has 0 heterocycles. The van der Waals surface area contributed by atoms with Crippen molar-refractivity contribution >= 4 is 17.3 Å². The molecule has 0 saturated heterocycles. The van der Waals surface area contributed by atoms with Crippen LogP contribution in [0.5, 0.6) is 0 Å². The van der Waals surface area contributed by atoms with Gasteiger partial charge in [0.05, 0.1) is 0 Å². The van der Waals surface area contributed by atoms with Crippen LogP contribution in [-0.4, -0.2) is 6.04 Å². The van der Waals surface area contributed by atoms with Crippen LogP contribution in [0, 0.1) is 5.82 Å². The normalized spacial score (nSPS) is 12.5. The van der Waals surface area contributed by atoms with Crippen molar-refractivity contribution in [3.8, 4) is 0 Å². The molecule has 0 fully saturated rings. The fraction of sp³-hybridized carbons (Fsp3) is 0.500. The van der Waals surface area contributed by atoms with Gasteiger partial charge in [0.2, 0.25) is 0 Å². The smallest absolute Gasteiger partial charge is 0.126 e. The van der Waals surface area contributed by atoms with Gasteiger partial charge in [-0.25, -0.2) is 4.39 Å². The van der Waals surface area contributed by atoms with Gasteiger partial charge in [0.15, 0.2) is 0 Å². The molecule has 0 aromatic heterocycles. The van der Waals surface area contributed by atoms with E-state index in [1.54, 1.807) is 6.07 Å². The van der Waals surface area contributed by atoms with Crippen molar-refractivity contribution in [2.75, 3.05) is 5.32 Å². The molecule has 1 unspecified atom stereocenters. The Morgan fingerprint density at radius 1 is 1.33 bits per heavy atom. The van der Waals surface area contributed by atoms with Crippen LogP contribution >= 0.6 is 11.6 Å². The van der Waals surface area contributed by atoms with Crippen LogP contribution in [-0.2, 0) is 0 Å². The van der Waals surface area contributed by atoms with Gasteiger partial charge in [0, 0.05) is 16.8 Å². The van der Waals surface area contributed by atoms with E-state index in [0.717, 1.165) is 24.9 Å². The standard InChI is InChI=1S/C12H17ClFN/c1-3-5-11(4-2)15-12-7-9(13)6-10(14)8-12/h6-8,11,15H,3-5H2,1-2H3. The highest BCUT2D eigenvalue weighted by Crippen LogP contribution is 2.20. The van der Waals surface area contributed by atoms with Crippen molar-refractivity contribution in [2.45, 2.75) is 39.2 Å². The maximum Gasteiger partial charge on any atom is 0.126 e. The topological polar surface area (TPSA) is 12.0 Å². The second kappa shape index (κ2) is 5.96. The second-order valence-corrected chi connectivity index (χ2v) is 4.13. The number of rotatable bonds is 5. The van der Waals surface area contributed by atoms with Gasteiger partial charge in [0.1, 0.15) is 5.82 Å². The third kappa shape index (κ3) is 4.08. The first kappa shape index (κ1) is 12.3. The van der Waals surface area contributed by atoms with Crippen molar-refractivity contribution in [1.29, 1.82) is 0 Å². The molecule has 0 aliphatic carbocycles. The zero-order valence-corrected chi connectivity index (χ0v) is 9.94. The van der Waals surface area contributed by atoms with Gasteiger partial charge in [-0.15, -0.1) is 0 Å². The van der Waals surface area contributed by atoms with E-state index in [4.69, 9.17) is 11.6 Å². The molecule has 1 atom stereocenters. The molecule has 1 N–H and O–H groups in total. The molecule has 0 aliphatic heterocycles. The summed E-state index contributed by atoms with van der Waals surface area (Å²) in [6.45, 7) is 4.26. The molecule has 1 aromatic rings. The van der Waals surface area contributed by atoms with Crippen LogP contribution in [0.25, 0.3) is 0 Å². The van der Waals surface area contributed by atoms with E-state index in [9.17, 15) is 4.39 Å².